The molecule has 0 radical (unpaired) electrons. The van der Waals surface area contributed by atoms with Crippen molar-refractivity contribution in [1.29, 1.82) is 0 Å². The van der Waals surface area contributed by atoms with Gasteiger partial charge in [0.1, 0.15) is 11.9 Å². The molecule has 0 aliphatic heterocycles. The van der Waals surface area contributed by atoms with Crippen molar-refractivity contribution in [3.8, 4) is 5.75 Å². The standard InChI is InChI=1S/C30H44F2O4Si/c1-8-10-12-18-28(33)35-26-21-27(36-37(6,7)29(3,4)5)25(24(26)15-9-2)19-20-30(31,32)22-34-23-16-13-11-14-17-23/h8-9,11,13-14,16-17,19-20,24-27H,1-2,10,12,15,18,21-22H2,3-7H3/b20-19+/t24-,25-,26+,27?/m1/s1. The number of hydrogen-bond acceptors (Lipinski definition) is 4. The third-order valence-corrected chi connectivity index (χ3v) is 11.9. The van der Waals surface area contributed by atoms with E-state index < -0.39 is 27.0 Å². The Kier molecular flexibility index (Phi) is 11.3. The molecule has 37 heavy (non-hydrogen) atoms. The van der Waals surface area contributed by atoms with Gasteiger partial charge in [-0.2, -0.15) is 8.78 Å². The molecule has 1 aliphatic carbocycles. The number of carbonyl (C=O) groups is 1. The predicted molar refractivity (Wildman–Crippen MR) is 148 cm³/mol. The third-order valence-electron chi connectivity index (χ3n) is 7.37. The van der Waals surface area contributed by atoms with Gasteiger partial charge in [-0.25, -0.2) is 0 Å². The molecule has 1 saturated carbocycles. The maximum Gasteiger partial charge on any atom is 0.306 e. The zero-order valence-corrected chi connectivity index (χ0v) is 24.1. The monoisotopic (exact) mass is 534 g/mol. The van der Waals surface area contributed by atoms with Crippen molar-refractivity contribution in [2.45, 2.75) is 89.1 Å². The number of halogens is 2. The smallest absolute Gasteiger partial charge is 0.306 e. The zero-order chi connectivity index (χ0) is 27.7. The Hall–Kier alpha value is -2.25. The molecule has 0 heterocycles. The summed E-state index contributed by atoms with van der Waals surface area (Å²) in [6, 6.07) is 8.57. The second kappa shape index (κ2) is 13.5. The van der Waals surface area contributed by atoms with Crippen LogP contribution in [0.15, 0.2) is 67.8 Å². The van der Waals surface area contributed by atoms with E-state index in [1.165, 1.54) is 0 Å². The first-order chi connectivity index (χ1) is 17.3. The first kappa shape index (κ1) is 31.0. The van der Waals surface area contributed by atoms with Crippen LogP contribution in [0.4, 0.5) is 8.78 Å². The van der Waals surface area contributed by atoms with E-state index in [1.54, 1.807) is 48.6 Å². The van der Waals surface area contributed by atoms with Crippen LogP contribution in [0.2, 0.25) is 18.1 Å². The van der Waals surface area contributed by atoms with E-state index in [2.05, 4.69) is 47.0 Å². The van der Waals surface area contributed by atoms with Gasteiger partial charge in [0.2, 0.25) is 0 Å². The minimum atomic E-state index is -3.17. The normalized spacial score (nSPS) is 22.7. The van der Waals surface area contributed by atoms with Gasteiger partial charge in [-0.05, 0) is 55.6 Å². The lowest BCUT2D eigenvalue weighted by Crippen LogP contribution is -2.45. The molecule has 7 heteroatoms. The van der Waals surface area contributed by atoms with Gasteiger partial charge in [-0.3, -0.25) is 4.79 Å². The van der Waals surface area contributed by atoms with Crippen molar-refractivity contribution in [2.75, 3.05) is 6.61 Å². The lowest BCUT2D eigenvalue weighted by molar-refractivity contribution is -0.151. The van der Waals surface area contributed by atoms with Crippen LogP contribution in [-0.4, -0.2) is 39.0 Å². The molecule has 1 fully saturated rings. The minimum absolute atomic E-state index is 0.0535. The molecule has 0 bridgehead atoms. The Bertz CT molecular complexity index is 908. The van der Waals surface area contributed by atoms with Crippen molar-refractivity contribution in [3.63, 3.8) is 0 Å². The topological polar surface area (TPSA) is 44.8 Å². The molecule has 0 N–H and O–H groups in total. The van der Waals surface area contributed by atoms with Gasteiger partial charge < -0.3 is 13.9 Å². The van der Waals surface area contributed by atoms with Crippen molar-refractivity contribution in [3.05, 3.63) is 67.8 Å². The summed E-state index contributed by atoms with van der Waals surface area (Å²) >= 11 is 0. The molecule has 4 nitrogen and oxygen atoms in total. The number of esters is 1. The van der Waals surface area contributed by atoms with Crippen molar-refractivity contribution in [1.82, 2.24) is 0 Å². The summed E-state index contributed by atoms with van der Waals surface area (Å²) < 4.78 is 47.6. The van der Waals surface area contributed by atoms with Gasteiger partial charge in [0, 0.05) is 24.7 Å². The molecule has 2 rings (SSSR count). The van der Waals surface area contributed by atoms with Crippen LogP contribution in [0, 0.1) is 11.8 Å². The van der Waals surface area contributed by atoms with E-state index in [1.807, 2.05) is 0 Å². The van der Waals surface area contributed by atoms with Gasteiger partial charge >= 0.3 is 5.97 Å². The quantitative estimate of drug-likeness (QED) is 0.105. The molecular weight excluding hydrogens is 490 g/mol. The second-order valence-electron chi connectivity index (χ2n) is 11.3. The van der Waals surface area contributed by atoms with Crippen molar-refractivity contribution in [2.24, 2.45) is 11.8 Å². The summed E-state index contributed by atoms with van der Waals surface area (Å²) in [4.78, 5) is 12.5. The van der Waals surface area contributed by atoms with E-state index in [-0.39, 0.29) is 28.9 Å². The Labute approximate surface area is 222 Å². The maximum absolute atomic E-state index is 14.9. The Morgan fingerprint density at radius 3 is 2.38 bits per heavy atom. The highest BCUT2D eigenvalue weighted by Gasteiger charge is 2.48. The van der Waals surface area contributed by atoms with Gasteiger partial charge in [-0.15, -0.1) is 13.2 Å². The third kappa shape index (κ3) is 9.53. The number of rotatable bonds is 14. The van der Waals surface area contributed by atoms with Gasteiger partial charge in [-0.1, -0.05) is 57.2 Å². The summed E-state index contributed by atoms with van der Waals surface area (Å²) in [5.74, 6) is -3.60. The largest absolute Gasteiger partial charge is 0.487 e. The summed E-state index contributed by atoms with van der Waals surface area (Å²) in [6.07, 6.45) is 7.95. The van der Waals surface area contributed by atoms with E-state index in [9.17, 15) is 13.6 Å². The van der Waals surface area contributed by atoms with Gasteiger partial charge in [0.05, 0.1) is 6.10 Å². The first-order valence-corrected chi connectivity index (χ1v) is 16.0. The molecule has 0 spiro atoms. The van der Waals surface area contributed by atoms with Crippen LogP contribution in [0.5, 0.6) is 5.75 Å². The molecule has 4 atom stereocenters. The molecule has 0 aromatic heterocycles. The van der Waals surface area contributed by atoms with Crippen LogP contribution in [0.3, 0.4) is 0 Å². The summed E-state index contributed by atoms with van der Waals surface area (Å²) in [6.45, 7) is 17.5. The number of hydrogen-bond donors (Lipinski definition) is 0. The van der Waals surface area contributed by atoms with E-state index in [4.69, 9.17) is 13.9 Å². The average Bonchev–Trinajstić information content (AvgIpc) is 3.11. The van der Waals surface area contributed by atoms with Crippen molar-refractivity contribution < 1.29 is 27.5 Å². The number of unbranched alkanes of at least 4 members (excludes halogenated alkanes) is 1. The highest BCUT2D eigenvalue weighted by Crippen LogP contribution is 2.45. The first-order valence-electron chi connectivity index (χ1n) is 13.1. The Morgan fingerprint density at radius 2 is 1.78 bits per heavy atom. The lowest BCUT2D eigenvalue weighted by Gasteiger charge is -2.39. The Balaban J connectivity index is 2.26. The van der Waals surface area contributed by atoms with Crippen molar-refractivity contribution >= 4 is 14.3 Å². The van der Waals surface area contributed by atoms with Gasteiger partial charge in [0.25, 0.3) is 5.92 Å². The molecule has 1 unspecified atom stereocenters. The fraction of sp³-hybridized carbons (Fsp3) is 0.567. The van der Waals surface area contributed by atoms with Crippen LogP contribution in [0.25, 0.3) is 0 Å². The predicted octanol–water partition coefficient (Wildman–Crippen LogP) is 8.13. The van der Waals surface area contributed by atoms with Crippen LogP contribution >= 0.6 is 0 Å². The fourth-order valence-electron chi connectivity index (χ4n) is 4.28. The molecule has 206 valence electrons. The van der Waals surface area contributed by atoms with Crippen LogP contribution in [-0.2, 0) is 14.0 Å². The maximum atomic E-state index is 14.9. The van der Waals surface area contributed by atoms with Crippen LogP contribution in [0.1, 0.15) is 52.9 Å². The van der Waals surface area contributed by atoms with E-state index in [0.29, 0.717) is 31.4 Å². The molecule has 1 aromatic rings. The van der Waals surface area contributed by atoms with Gasteiger partial charge in [0.15, 0.2) is 14.9 Å². The second-order valence-corrected chi connectivity index (χ2v) is 16.1. The average molecular weight is 535 g/mol. The molecule has 1 aliphatic rings. The van der Waals surface area contributed by atoms with E-state index in [0.717, 1.165) is 12.5 Å². The zero-order valence-electron chi connectivity index (χ0n) is 23.1. The summed E-state index contributed by atoms with van der Waals surface area (Å²) in [7, 11) is -2.22. The van der Waals surface area contributed by atoms with Crippen LogP contribution < -0.4 is 4.74 Å². The SMILES string of the molecule is C=CCCCC(=O)O[C@H]1CC(O[Si](C)(C)C(C)(C)C)[C@H](/C=C/C(F)(F)COc2ccccc2)[C@H]1CC=C. The fourth-order valence-corrected chi connectivity index (χ4v) is 5.65. The molecular formula is C30H44F2O4Si. The number of ether oxygens (including phenoxy) is 2. The Morgan fingerprint density at radius 1 is 1.11 bits per heavy atom. The number of para-hydroxylation sites is 1. The number of carbonyl (C=O) groups excluding carboxylic acids is 1. The lowest BCUT2D eigenvalue weighted by atomic mass is 9.90. The van der Waals surface area contributed by atoms with E-state index >= 15 is 0 Å². The molecule has 0 saturated heterocycles. The number of allylic oxidation sites excluding steroid dienone is 2. The summed E-state index contributed by atoms with van der Waals surface area (Å²) in [5.41, 5.74) is 0. The molecule has 1 aromatic carbocycles. The number of benzene rings is 1. The summed E-state index contributed by atoms with van der Waals surface area (Å²) in [5, 5.41) is -0.0535. The number of alkyl halides is 2. The highest BCUT2D eigenvalue weighted by molar-refractivity contribution is 6.74. The molecule has 0 amide bonds. The minimum Gasteiger partial charge on any atom is -0.487 e. The highest BCUT2D eigenvalue weighted by atomic mass is 28.4.